The molecule has 2 aromatic carbocycles. The van der Waals surface area contributed by atoms with Crippen LogP contribution < -0.4 is 10.6 Å². The van der Waals surface area contributed by atoms with Crippen LogP contribution in [0.15, 0.2) is 48.5 Å². The topological polar surface area (TPSA) is 67.4 Å². The molecule has 0 unspecified atom stereocenters. The lowest BCUT2D eigenvalue weighted by Gasteiger charge is -2.08. The average molecular weight is 344 g/mol. The van der Waals surface area contributed by atoms with Crippen molar-refractivity contribution in [2.45, 2.75) is 13.0 Å². The second-order valence-corrected chi connectivity index (χ2v) is 5.46. The Morgan fingerprint density at radius 3 is 2.36 bits per heavy atom. The van der Waals surface area contributed by atoms with E-state index in [1.165, 1.54) is 12.1 Å². The molecular formula is C19H21FN2O3. The summed E-state index contributed by atoms with van der Waals surface area (Å²) in [6.07, 6.45) is 0.713. The molecule has 0 atom stereocenters. The van der Waals surface area contributed by atoms with Gasteiger partial charge in [-0.15, -0.1) is 0 Å². The van der Waals surface area contributed by atoms with Crippen molar-refractivity contribution in [3.63, 3.8) is 0 Å². The van der Waals surface area contributed by atoms with Crippen LogP contribution in [0.4, 0.5) is 4.39 Å². The molecule has 5 nitrogen and oxygen atoms in total. The Hall–Kier alpha value is -2.73. The minimum atomic E-state index is -0.369. The Bertz CT molecular complexity index is 734. The standard InChI is InChI=1S/C19H21FN2O3/c1-25-11-5-10-21-18(23)14-7-4-8-15(12-14)19(24)22-13-16-6-2-3-9-17(16)20/h2-4,6-9,12H,5,10-11,13H2,1H3,(H,21,23)(H,22,24). The molecule has 0 radical (unpaired) electrons. The number of benzene rings is 2. The molecule has 0 bridgehead atoms. The van der Waals surface area contributed by atoms with Crippen LogP contribution in [0.3, 0.4) is 0 Å². The van der Waals surface area contributed by atoms with E-state index in [1.54, 1.807) is 43.5 Å². The molecule has 0 saturated carbocycles. The van der Waals surface area contributed by atoms with Gasteiger partial charge in [0, 0.05) is 43.5 Å². The van der Waals surface area contributed by atoms with Crippen LogP contribution in [0, 0.1) is 5.82 Å². The number of hydrogen-bond acceptors (Lipinski definition) is 3. The molecule has 2 N–H and O–H groups in total. The van der Waals surface area contributed by atoms with E-state index in [0.29, 0.717) is 36.3 Å². The lowest BCUT2D eigenvalue weighted by atomic mass is 10.1. The number of carbonyl (C=O) groups is 2. The molecule has 0 fully saturated rings. The number of halogens is 1. The molecule has 0 aromatic heterocycles. The van der Waals surface area contributed by atoms with Gasteiger partial charge in [-0.2, -0.15) is 0 Å². The number of carbonyl (C=O) groups excluding carboxylic acids is 2. The first kappa shape index (κ1) is 18.6. The maximum atomic E-state index is 13.6. The van der Waals surface area contributed by atoms with Crippen LogP contribution in [0.25, 0.3) is 0 Å². The van der Waals surface area contributed by atoms with Crippen LogP contribution in [0.1, 0.15) is 32.7 Å². The highest BCUT2D eigenvalue weighted by Gasteiger charge is 2.11. The first-order valence-corrected chi connectivity index (χ1v) is 8.00. The number of nitrogens with one attached hydrogen (secondary N) is 2. The first-order valence-electron chi connectivity index (χ1n) is 8.00. The predicted octanol–water partition coefficient (Wildman–Crippen LogP) is 2.52. The SMILES string of the molecule is COCCCNC(=O)c1cccc(C(=O)NCc2ccccc2F)c1. The van der Waals surface area contributed by atoms with Gasteiger partial charge in [-0.1, -0.05) is 24.3 Å². The normalized spacial score (nSPS) is 10.3. The number of amides is 2. The van der Waals surface area contributed by atoms with Gasteiger partial charge in [-0.05, 0) is 30.7 Å². The van der Waals surface area contributed by atoms with E-state index in [4.69, 9.17) is 4.74 Å². The Kier molecular flexibility index (Phi) is 7.10. The average Bonchev–Trinajstić information content (AvgIpc) is 2.64. The third kappa shape index (κ3) is 5.69. The zero-order valence-corrected chi connectivity index (χ0v) is 14.0. The smallest absolute Gasteiger partial charge is 0.251 e. The summed E-state index contributed by atoms with van der Waals surface area (Å²) in [5.41, 5.74) is 1.15. The van der Waals surface area contributed by atoms with Gasteiger partial charge in [-0.25, -0.2) is 4.39 Å². The van der Waals surface area contributed by atoms with Gasteiger partial charge >= 0.3 is 0 Å². The Labute approximate surface area is 146 Å². The molecule has 2 rings (SSSR count). The van der Waals surface area contributed by atoms with Crippen molar-refractivity contribution >= 4 is 11.8 Å². The molecule has 0 heterocycles. The molecule has 2 amide bonds. The largest absolute Gasteiger partial charge is 0.385 e. The third-order valence-corrected chi connectivity index (χ3v) is 3.59. The van der Waals surface area contributed by atoms with Gasteiger partial charge in [0.05, 0.1) is 0 Å². The van der Waals surface area contributed by atoms with Gasteiger partial charge in [0.1, 0.15) is 5.82 Å². The zero-order chi connectivity index (χ0) is 18.1. The van der Waals surface area contributed by atoms with E-state index < -0.39 is 0 Å². The second-order valence-electron chi connectivity index (χ2n) is 5.46. The molecule has 0 aliphatic heterocycles. The fraction of sp³-hybridized carbons (Fsp3) is 0.263. The summed E-state index contributed by atoms with van der Waals surface area (Å²) in [6, 6.07) is 12.7. The van der Waals surface area contributed by atoms with Gasteiger partial charge in [0.15, 0.2) is 0 Å². The number of hydrogen-bond donors (Lipinski definition) is 2. The number of rotatable bonds is 8. The van der Waals surface area contributed by atoms with Crippen molar-refractivity contribution in [1.82, 2.24) is 10.6 Å². The highest BCUT2D eigenvalue weighted by atomic mass is 19.1. The van der Waals surface area contributed by atoms with E-state index in [1.807, 2.05) is 0 Å². The van der Waals surface area contributed by atoms with E-state index in [0.717, 1.165) is 0 Å². The van der Waals surface area contributed by atoms with Gasteiger partial charge in [-0.3, -0.25) is 9.59 Å². The zero-order valence-electron chi connectivity index (χ0n) is 14.0. The summed E-state index contributed by atoms with van der Waals surface area (Å²) in [5.74, 6) is -0.982. The summed E-state index contributed by atoms with van der Waals surface area (Å²) in [6.45, 7) is 1.15. The molecular weight excluding hydrogens is 323 g/mol. The van der Waals surface area contributed by atoms with Gasteiger partial charge < -0.3 is 15.4 Å². The molecule has 0 aliphatic carbocycles. The first-order chi connectivity index (χ1) is 12.1. The summed E-state index contributed by atoms with van der Waals surface area (Å²) in [5, 5.41) is 5.42. The van der Waals surface area contributed by atoms with Gasteiger partial charge in [0.25, 0.3) is 11.8 Å². The second kappa shape index (κ2) is 9.54. The molecule has 132 valence electrons. The van der Waals surface area contributed by atoms with Crippen LogP contribution in [-0.2, 0) is 11.3 Å². The molecule has 0 aliphatic rings. The Morgan fingerprint density at radius 1 is 1.00 bits per heavy atom. The Morgan fingerprint density at radius 2 is 1.68 bits per heavy atom. The summed E-state index contributed by atoms with van der Waals surface area (Å²) < 4.78 is 18.5. The summed E-state index contributed by atoms with van der Waals surface area (Å²) >= 11 is 0. The van der Waals surface area contributed by atoms with E-state index in [9.17, 15) is 14.0 Å². The lowest BCUT2D eigenvalue weighted by Crippen LogP contribution is -2.26. The van der Waals surface area contributed by atoms with Crippen molar-refractivity contribution in [3.8, 4) is 0 Å². The number of ether oxygens (including phenoxy) is 1. The van der Waals surface area contributed by atoms with Crippen LogP contribution in [0.5, 0.6) is 0 Å². The lowest BCUT2D eigenvalue weighted by molar-refractivity contribution is 0.0948. The molecule has 2 aromatic rings. The maximum Gasteiger partial charge on any atom is 0.251 e. The van der Waals surface area contributed by atoms with Crippen LogP contribution >= 0.6 is 0 Å². The van der Waals surface area contributed by atoms with E-state index >= 15 is 0 Å². The molecule has 6 heteroatoms. The predicted molar refractivity (Wildman–Crippen MR) is 92.8 cm³/mol. The molecule has 25 heavy (non-hydrogen) atoms. The fourth-order valence-corrected chi connectivity index (χ4v) is 2.24. The quantitative estimate of drug-likeness (QED) is 0.723. The molecule has 0 saturated heterocycles. The maximum absolute atomic E-state index is 13.6. The van der Waals surface area contributed by atoms with Crippen LogP contribution in [-0.4, -0.2) is 32.1 Å². The highest BCUT2D eigenvalue weighted by molar-refractivity contribution is 5.99. The van der Waals surface area contributed by atoms with Crippen molar-refractivity contribution in [3.05, 3.63) is 71.0 Å². The minimum absolute atomic E-state index is 0.0823. The van der Waals surface area contributed by atoms with E-state index in [-0.39, 0.29) is 24.2 Å². The van der Waals surface area contributed by atoms with Crippen molar-refractivity contribution in [2.24, 2.45) is 0 Å². The summed E-state index contributed by atoms with van der Waals surface area (Å²) in [4.78, 5) is 24.3. The number of methoxy groups -OCH3 is 1. The van der Waals surface area contributed by atoms with Crippen molar-refractivity contribution in [1.29, 1.82) is 0 Å². The van der Waals surface area contributed by atoms with Crippen LogP contribution in [0.2, 0.25) is 0 Å². The van der Waals surface area contributed by atoms with E-state index in [2.05, 4.69) is 10.6 Å². The highest BCUT2D eigenvalue weighted by Crippen LogP contribution is 2.08. The fourth-order valence-electron chi connectivity index (χ4n) is 2.24. The van der Waals surface area contributed by atoms with Gasteiger partial charge in [0.2, 0.25) is 0 Å². The third-order valence-electron chi connectivity index (χ3n) is 3.59. The van der Waals surface area contributed by atoms with Crippen molar-refractivity contribution in [2.75, 3.05) is 20.3 Å². The minimum Gasteiger partial charge on any atom is -0.385 e. The molecule has 0 spiro atoms. The van der Waals surface area contributed by atoms with Crippen molar-refractivity contribution < 1.29 is 18.7 Å². The summed E-state index contributed by atoms with van der Waals surface area (Å²) in [7, 11) is 1.60. The monoisotopic (exact) mass is 344 g/mol. The Balaban J connectivity index is 1.94.